The molecule has 2 aliphatic rings. The number of benzene rings is 2. The van der Waals surface area contributed by atoms with Gasteiger partial charge in [-0.05, 0) is 37.5 Å². The molecule has 176 valence electrons. The molecule has 0 aromatic heterocycles. The molecule has 7 heteroatoms. The molecule has 33 heavy (non-hydrogen) atoms. The number of likely N-dealkylation sites (tertiary alicyclic amines) is 1. The Hall–Kier alpha value is -2.90. The third-order valence-corrected chi connectivity index (χ3v) is 6.40. The predicted octanol–water partition coefficient (Wildman–Crippen LogP) is 3.01. The van der Waals surface area contributed by atoms with Crippen LogP contribution in [0.1, 0.15) is 31.4 Å². The van der Waals surface area contributed by atoms with Gasteiger partial charge in [-0.3, -0.25) is 19.4 Å². The summed E-state index contributed by atoms with van der Waals surface area (Å²) in [7, 11) is 0. The third-order valence-electron chi connectivity index (χ3n) is 6.40. The van der Waals surface area contributed by atoms with Crippen LogP contribution in [-0.2, 0) is 9.59 Å². The second kappa shape index (κ2) is 11.3. The summed E-state index contributed by atoms with van der Waals surface area (Å²) in [6.45, 7) is 7.71. The van der Waals surface area contributed by atoms with Crippen LogP contribution in [0.3, 0.4) is 0 Å². The van der Waals surface area contributed by atoms with Gasteiger partial charge in [-0.1, -0.05) is 42.5 Å². The van der Waals surface area contributed by atoms with Gasteiger partial charge < -0.3 is 15.0 Å². The maximum absolute atomic E-state index is 13.5. The first-order chi connectivity index (χ1) is 16.2. The van der Waals surface area contributed by atoms with E-state index in [4.69, 9.17) is 4.74 Å². The minimum Gasteiger partial charge on any atom is -0.492 e. The van der Waals surface area contributed by atoms with E-state index in [1.807, 2.05) is 66.4 Å². The van der Waals surface area contributed by atoms with Crippen LogP contribution in [0.25, 0.3) is 0 Å². The second-order valence-electron chi connectivity index (χ2n) is 8.63. The van der Waals surface area contributed by atoms with Crippen LogP contribution in [0.5, 0.6) is 5.75 Å². The van der Waals surface area contributed by atoms with E-state index in [-0.39, 0.29) is 11.8 Å². The van der Waals surface area contributed by atoms with E-state index in [0.717, 1.165) is 57.7 Å². The van der Waals surface area contributed by atoms with E-state index in [1.165, 1.54) is 0 Å². The molecule has 0 radical (unpaired) electrons. The van der Waals surface area contributed by atoms with Crippen molar-refractivity contribution in [1.82, 2.24) is 14.7 Å². The molecule has 2 saturated heterocycles. The highest BCUT2D eigenvalue weighted by atomic mass is 16.5. The lowest BCUT2D eigenvalue weighted by Gasteiger charge is -2.39. The van der Waals surface area contributed by atoms with Crippen molar-refractivity contribution in [3.63, 3.8) is 0 Å². The van der Waals surface area contributed by atoms with Crippen molar-refractivity contribution in [2.24, 2.45) is 0 Å². The van der Waals surface area contributed by atoms with Gasteiger partial charge in [-0.25, -0.2) is 0 Å². The molecule has 0 saturated carbocycles. The molecule has 2 heterocycles. The fourth-order valence-electron chi connectivity index (χ4n) is 4.65. The molecule has 2 aromatic carbocycles. The van der Waals surface area contributed by atoms with Gasteiger partial charge in [0, 0.05) is 39.3 Å². The number of carbonyl (C=O) groups is 2. The first-order valence-corrected chi connectivity index (χ1v) is 12.0. The lowest BCUT2D eigenvalue weighted by atomic mass is 10.0. The van der Waals surface area contributed by atoms with Crippen LogP contribution >= 0.6 is 0 Å². The smallest absolute Gasteiger partial charge is 0.246 e. The van der Waals surface area contributed by atoms with Crippen molar-refractivity contribution >= 4 is 17.5 Å². The van der Waals surface area contributed by atoms with Gasteiger partial charge in [0.25, 0.3) is 0 Å². The van der Waals surface area contributed by atoms with Gasteiger partial charge in [0.05, 0.1) is 18.8 Å². The van der Waals surface area contributed by atoms with Crippen molar-refractivity contribution in [3.05, 3.63) is 60.2 Å². The summed E-state index contributed by atoms with van der Waals surface area (Å²) >= 11 is 0. The fourth-order valence-corrected chi connectivity index (χ4v) is 4.65. The highest BCUT2D eigenvalue weighted by Gasteiger charge is 2.32. The van der Waals surface area contributed by atoms with E-state index in [0.29, 0.717) is 24.6 Å². The Morgan fingerprint density at radius 1 is 0.909 bits per heavy atom. The molecule has 4 rings (SSSR count). The normalized spacial score (nSPS) is 18.2. The van der Waals surface area contributed by atoms with Gasteiger partial charge in [0.1, 0.15) is 11.8 Å². The van der Waals surface area contributed by atoms with Gasteiger partial charge in [0.15, 0.2) is 0 Å². The van der Waals surface area contributed by atoms with Gasteiger partial charge in [0.2, 0.25) is 11.8 Å². The molecule has 2 aromatic rings. The number of ether oxygens (including phenoxy) is 1. The number of nitrogens with one attached hydrogen (secondary N) is 1. The molecule has 1 N–H and O–H groups in total. The number of hydrogen-bond donors (Lipinski definition) is 1. The average Bonchev–Trinajstić information content (AvgIpc) is 3.38. The molecule has 2 amide bonds. The maximum Gasteiger partial charge on any atom is 0.246 e. The summed E-state index contributed by atoms with van der Waals surface area (Å²) in [6, 6.07) is 17.0. The zero-order valence-corrected chi connectivity index (χ0v) is 19.4. The molecule has 0 spiro atoms. The monoisotopic (exact) mass is 450 g/mol. The Morgan fingerprint density at radius 3 is 2.27 bits per heavy atom. The van der Waals surface area contributed by atoms with Gasteiger partial charge in [-0.15, -0.1) is 0 Å². The zero-order chi connectivity index (χ0) is 23.0. The van der Waals surface area contributed by atoms with Crippen molar-refractivity contribution in [3.8, 4) is 5.75 Å². The number of carbonyl (C=O) groups excluding carboxylic acids is 2. The molecule has 2 fully saturated rings. The number of hydrogen-bond acceptors (Lipinski definition) is 5. The average molecular weight is 451 g/mol. The van der Waals surface area contributed by atoms with Crippen LogP contribution in [0.2, 0.25) is 0 Å². The summed E-state index contributed by atoms with van der Waals surface area (Å²) in [5.74, 6) is 0.825. The summed E-state index contributed by atoms with van der Waals surface area (Å²) < 4.78 is 5.69. The van der Waals surface area contributed by atoms with Crippen molar-refractivity contribution < 1.29 is 14.3 Å². The van der Waals surface area contributed by atoms with Crippen molar-refractivity contribution in [1.29, 1.82) is 0 Å². The lowest BCUT2D eigenvalue weighted by Crippen LogP contribution is -2.52. The van der Waals surface area contributed by atoms with E-state index in [2.05, 4.69) is 15.1 Å². The summed E-state index contributed by atoms with van der Waals surface area (Å²) in [4.78, 5) is 32.5. The van der Waals surface area contributed by atoms with Crippen LogP contribution in [-0.4, -0.2) is 78.9 Å². The van der Waals surface area contributed by atoms with Crippen LogP contribution < -0.4 is 10.1 Å². The SMILES string of the molecule is CCOc1ccccc1NC(=O)[C@@H](c1ccccc1)N1CCN(CC(=O)N2CCCC2)CC1. The van der Waals surface area contributed by atoms with E-state index in [1.54, 1.807) is 0 Å². The number of anilines is 1. The fraction of sp³-hybridized carbons (Fsp3) is 0.462. The Bertz CT molecular complexity index is 922. The number of para-hydroxylation sites is 2. The Kier molecular flexibility index (Phi) is 7.96. The number of amides is 2. The molecule has 1 atom stereocenters. The van der Waals surface area contributed by atoms with Crippen molar-refractivity contribution in [2.75, 3.05) is 57.7 Å². The first kappa shape index (κ1) is 23.3. The summed E-state index contributed by atoms with van der Waals surface area (Å²) in [5.41, 5.74) is 1.64. The second-order valence-corrected chi connectivity index (χ2v) is 8.63. The van der Waals surface area contributed by atoms with Gasteiger partial charge >= 0.3 is 0 Å². The molecular weight excluding hydrogens is 416 g/mol. The van der Waals surface area contributed by atoms with E-state index in [9.17, 15) is 9.59 Å². The molecule has 2 aliphatic heterocycles. The van der Waals surface area contributed by atoms with Crippen molar-refractivity contribution in [2.45, 2.75) is 25.8 Å². The lowest BCUT2D eigenvalue weighted by molar-refractivity contribution is -0.132. The highest BCUT2D eigenvalue weighted by molar-refractivity contribution is 5.96. The Labute approximate surface area is 196 Å². The first-order valence-electron chi connectivity index (χ1n) is 12.0. The third kappa shape index (κ3) is 5.92. The van der Waals surface area contributed by atoms with Gasteiger partial charge in [-0.2, -0.15) is 0 Å². The zero-order valence-electron chi connectivity index (χ0n) is 19.4. The topological polar surface area (TPSA) is 65.1 Å². The molecular formula is C26H34N4O3. The number of rotatable bonds is 8. The number of piperazine rings is 1. The number of nitrogens with zero attached hydrogens (tertiary/aromatic N) is 3. The summed E-state index contributed by atoms with van der Waals surface area (Å²) in [6.07, 6.45) is 2.22. The predicted molar refractivity (Wildman–Crippen MR) is 129 cm³/mol. The minimum absolute atomic E-state index is 0.0741. The molecule has 0 aliphatic carbocycles. The molecule has 7 nitrogen and oxygen atoms in total. The summed E-state index contributed by atoms with van der Waals surface area (Å²) in [5, 5.41) is 3.09. The minimum atomic E-state index is -0.405. The largest absolute Gasteiger partial charge is 0.492 e. The van der Waals surface area contributed by atoms with Crippen LogP contribution in [0, 0.1) is 0 Å². The van der Waals surface area contributed by atoms with E-state index >= 15 is 0 Å². The highest BCUT2D eigenvalue weighted by Crippen LogP contribution is 2.28. The van der Waals surface area contributed by atoms with Crippen LogP contribution in [0.4, 0.5) is 5.69 Å². The Balaban J connectivity index is 1.43. The van der Waals surface area contributed by atoms with Crippen LogP contribution in [0.15, 0.2) is 54.6 Å². The Morgan fingerprint density at radius 2 is 1.58 bits per heavy atom. The standard InChI is InChI=1S/C26H34N4O3/c1-2-33-23-13-7-6-12-22(23)27-26(32)25(21-10-4-3-5-11-21)30-18-16-28(17-19-30)20-24(31)29-14-8-9-15-29/h3-7,10-13,25H,2,8-9,14-20H2,1H3,(H,27,32)/t25-/m1/s1. The molecule has 0 bridgehead atoms. The molecule has 0 unspecified atom stereocenters. The maximum atomic E-state index is 13.5. The quantitative estimate of drug-likeness (QED) is 0.670. The van der Waals surface area contributed by atoms with E-state index < -0.39 is 6.04 Å².